The molecule has 1 aliphatic rings. The lowest BCUT2D eigenvalue weighted by molar-refractivity contribution is -0.165. The van der Waals surface area contributed by atoms with E-state index >= 15 is 0 Å². The summed E-state index contributed by atoms with van der Waals surface area (Å²) in [6, 6.07) is 4.06. The van der Waals surface area contributed by atoms with Crippen LogP contribution in [0.5, 0.6) is 11.5 Å². The Bertz CT molecular complexity index is 709. The molecule has 2 rings (SSSR count). The van der Waals surface area contributed by atoms with Crippen LogP contribution in [0.3, 0.4) is 0 Å². The Morgan fingerprint density at radius 1 is 1.19 bits per heavy atom. The first-order valence-electron chi connectivity index (χ1n) is 8.39. The topological polar surface area (TPSA) is 91.4 Å². The van der Waals surface area contributed by atoms with Gasteiger partial charge in [0.1, 0.15) is 0 Å². The smallest absolute Gasteiger partial charge is 0.413 e. The quantitative estimate of drug-likeness (QED) is 0.376. The lowest BCUT2D eigenvalue weighted by Gasteiger charge is -2.25. The Morgan fingerprint density at radius 3 is 2.59 bits per heavy atom. The van der Waals surface area contributed by atoms with Gasteiger partial charge in [0.25, 0.3) is 0 Å². The molecule has 1 aromatic rings. The van der Waals surface area contributed by atoms with Crippen LogP contribution in [-0.2, 0) is 14.3 Å². The number of benzene rings is 1. The van der Waals surface area contributed by atoms with Crippen molar-refractivity contribution in [2.75, 3.05) is 25.8 Å². The summed E-state index contributed by atoms with van der Waals surface area (Å²) in [6.45, 7) is 3.15. The van der Waals surface area contributed by atoms with Crippen LogP contribution in [0.2, 0.25) is 0 Å². The number of fused-ring (bicyclic) bond motifs is 1. The molecule has 0 aromatic heterocycles. The van der Waals surface area contributed by atoms with Gasteiger partial charge in [-0.15, -0.1) is 0 Å². The number of carbonyl (C=O) groups excluding carboxylic acids is 3. The summed E-state index contributed by atoms with van der Waals surface area (Å²) in [5, 5.41) is 0. The highest BCUT2D eigenvalue weighted by atomic mass is 32.2. The Labute approximate surface area is 162 Å². The molecule has 27 heavy (non-hydrogen) atoms. The van der Waals surface area contributed by atoms with Crippen LogP contribution in [-0.4, -0.2) is 60.9 Å². The lowest BCUT2D eigenvalue weighted by atomic mass is 10.0. The maximum absolute atomic E-state index is 12.6. The van der Waals surface area contributed by atoms with Gasteiger partial charge in [-0.05, 0) is 31.4 Å². The largest absolute Gasteiger partial charge is 0.454 e. The summed E-state index contributed by atoms with van der Waals surface area (Å²) in [5.41, 5.74) is 0.392. The van der Waals surface area contributed by atoms with Gasteiger partial charge in [0.15, 0.2) is 17.3 Å². The summed E-state index contributed by atoms with van der Waals surface area (Å²) in [6.07, 6.45) is 0.311. The molecular weight excluding hydrogens is 374 g/mol. The van der Waals surface area contributed by atoms with E-state index in [-0.39, 0.29) is 19.0 Å². The van der Waals surface area contributed by atoms with Gasteiger partial charge in [-0.25, -0.2) is 4.79 Å². The number of Topliss-reactive ketones (excluding diaryl/α,β-unsaturated/α-hetero) is 1. The van der Waals surface area contributed by atoms with E-state index in [1.165, 1.54) is 25.7 Å². The first kappa shape index (κ1) is 20.9. The molecule has 1 aliphatic heterocycles. The molecule has 0 saturated heterocycles. The molecule has 1 heterocycles. The molecule has 0 bridgehead atoms. The van der Waals surface area contributed by atoms with E-state index < -0.39 is 24.4 Å². The number of amides is 1. The fourth-order valence-electron chi connectivity index (χ4n) is 2.30. The average Bonchev–Trinajstić information content (AvgIpc) is 3.11. The lowest BCUT2D eigenvalue weighted by Crippen LogP contribution is -2.42. The molecule has 0 radical (unpaired) electrons. The Kier molecular flexibility index (Phi) is 7.35. The van der Waals surface area contributed by atoms with Crippen molar-refractivity contribution in [3.63, 3.8) is 0 Å². The maximum atomic E-state index is 12.6. The summed E-state index contributed by atoms with van der Waals surface area (Å²) in [7, 11) is 1.44. The zero-order valence-electron chi connectivity index (χ0n) is 15.7. The SMILES string of the molecule is CSCCC(=O)OC(C)OC(=O)N(C)C(C)C(=O)c1ccc2c(c1)OCO2. The zero-order valence-corrected chi connectivity index (χ0v) is 16.5. The van der Waals surface area contributed by atoms with E-state index in [2.05, 4.69) is 0 Å². The van der Waals surface area contributed by atoms with Crippen molar-refractivity contribution in [1.29, 1.82) is 0 Å². The van der Waals surface area contributed by atoms with E-state index in [0.717, 1.165) is 4.90 Å². The summed E-state index contributed by atoms with van der Waals surface area (Å²) in [5.74, 6) is 0.961. The highest BCUT2D eigenvalue weighted by Crippen LogP contribution is 2.33. The van der Waals surface area contributed by atoms with Crippen molar-refractivity contribution < 1.29 is 33.3 Å². The van der Waals surface area contributed by atoms with Crippen LogP contribution in [0.1, 0.15) is 30.6 Å². The van der Waals surface area contributed by atoms with Crippen molar-refractivity contribution >= 4 is 29.6 Å². The first-order chi connectivity index (χ1) is 12.8. The number of ketones is 1. The minimum Gasteiger partial charge on any atom is -0.454 e. The number of hydrogen-bond acceptors (Lipinski definition) is 8. The Morgan fingerprint density at radius 2 is 1.89 bits per heavy atom. The number of carbonyl (C=O) groups is 3. The molecular formula is C18H23NO7S. The molecule has 9 heteroatoms. The van der Waals surface area contributed by atoms with Gasteiger partial charge in [0.2, 0.25) is 13.1 Å². The number of esters is 1. The van der Waals surface area contributed by atoms with Crippen LogP contribution in [0.25, 0.3) is 0 Å². The Balaban J connectivity index is 1.91. The van der Waals surface area contributed by atoms with Gasteiger partial charge in [0, 0.05) is 25.3 Å². The van der Waals surface area contributed by atoms with Gasteiger partial charge in [-0.2, -0.15) is 11.8 Å². The van der Waals surface area contributed by atoms with Gasteiger partial charge in [-0.3, -0.25) is 9.59 Å². The Hall–Kier alpha value is -2.42. The second-order valence-electron chi connectivity index (χ2n) is 5.90. The minimum atomic E-state index is -1.04. The summed E-state index contributed by atoms with van der Waals surface area (Å²) >= 11 is 1.52. The minimum absolute atomic E-state index is 0.113. The fourth-order valence-corrected chi connectivity index (χ4v) is 2.67. The molecule has 0 fully saturated rings. The van der Waals surface area contributed by atoms with Crippen molar-refractivity contribution in [2.24, 2.45) is 0 Å². The van der Waals surface area contributed by atoms with Crippen molar-refractivity contribution in [3.05, 3.63) is 23.8 Å². The van der Waals surface area contributed by atoms with Crippen molar-refractivity contribution in [2.45, 2.75) is 32.6 Å². The van der Waals surface area contributed by atoms with E-state index in [9.17, 15) is 14.4 Å². The molecule has 2 unspecified atom stereocenters. The van der Waals surface area contributed by atoms with E-state index in [4.69, 9.17) is 18.9 Å². The molecule has 0 N–H and O–H groups in total. The number of nitrogens with zero attached hydrogens (tertiary/aromatic N) is 1. The summed E-state index contributed by atoms with van der Waals surface area (Å²) in [4.78, 5) is 37.6. The van der Waals surface area contributed by atoms with Crippen LogP contribution in [0.15, 0.2) is 18.2 Å². The highest BCUT2D eigenvalue weighted by Gasteiger charge is 2.27. The van der Waals surface area contributed by atoms with Gasteiger partial charge in [-0.1, -0.05) is 0 Å². The van der Waals surface area contributed by atoms with Gasteiger partial charge >= 0.3 is 12.1 Å². The van der Waals surface area contributed by atoms with Gasteiger partial charge in [0.05, 0.1) is 12.5 Å². The van der Waals surface area contributed by atoms with Crippen LogP contribution < -0.4 is 9.47 Å². The number of thioether (sulfide) groups is 1. The number of hydrogen-bond donors (Lipinski definition) is 0. The average molecular weight is 397 g/mol. The third kappa shape index (κ3) is 5.53. The van der Waals surface area contributed by atoms with E-state index in [1.54, 1.807) is 25.1 Å². The number of likely N-dealkylation sites (N-methyl/N-ethyl adjacent to an activating group) is 1. The fraction of sp³-hybridized carbons (Fsp3) is 0.500. The van der Waals surface area contributed by atoms with E-state index in [1.807, 2.05) is 6.26 Å². The molecule has 148 valence electrons. The molecule has 2 atom stereocenters. The summed E-state index contributed by atoms with van der Waals surface area (Å²) < 4.78 is 20.6. The molecule has 0 spiro atoms. The maximum Gasteiger partial charge on any atom is 0.413 e. The van der Waals surface area contributed by atoms with Gasteiger partial charge < -0.3 is 23.8 Å². The standard InChI is InChI=1S/C18H23NO7S/c1-11(17(21)13-5-6-14-15(9-13)24-10-23-14)19(3)18(22)26-12(2)25-16(20)7-8-27-4/h5-6,9,11-12H,7-8,10H2,1-4H3. The van der Waals surface area contributed by atoms with Crippen LogP contribution in [0.4, 0.5) is 4.79 Å². The number of ether oxygens (including phenoxy) is 4. The predicted octanol–water partition coefficient (Wildman–Crippen LogP) is 2.70. The third-order valence-electron chi connectivity index (χ3n) is 3.98. The first-order valence-corrected chi connectivity index (χ1v) is 9.78. The second-order valence-corrected chi connectivity index (χ2v) is 6.89. The predicted molar refractivity (Wildman–Crippen MR) is 99.2 cm³/mol. The molecule has 1 amide bonds. The monoisotopic (exact) mass is 397 g/mol. The molecule has 0 aliphatic carbocycles. The normalized spacial score (nSPS) is 14.2. The number of rotatable bonds is 8. The van der Waals surface area contributed by atoms with E-state index in [0.29, 0.717) is 22.8 Å². The van der Waals surface area contributed by atoms with Crippen LogP contribution in [0, 0.1) is 0 Å². The van der Waals surface area contributed by atoms with Crippen LogP contribution >= 0.6 is 11.8 Å². The molecule has 0 saturated carbocycles. The van der Waals surface area contributed by atoms with Crippen molar-refractivity contribution in [1.82, 2.24) is 4.90 Å². The zero-order chi connectivity index (χ0) is 20.0. The molecule has 8 nitrogen and oxygen atoms in total. The molecule has 1 aromatic carbocycles. The second kappa shape index (κ2) is 9.50. The van der Waals surface area contributed by atoms with Crippen molar-refractivity contribution in [3.8, 4) is 11.5 Å². The highest BCUT2D eigenvalue weighted by molar-refractivity contribution is 7.98. The third-order valence-corrected chi connectivity index (χ3v) is 4.59.